The summed E-state index contributed by atoms with van der Waals surface area (Å²) in [4.78, 5) is 7.81. The van der Waals surface area contributed by atoms with Crippen LogP contribution in [0.1, 0.15) is 24.6 Å². The number of aryl methyl sites for hydroxylation is 2. The Labute approximate surface area is 121 Å². The second-order valence-electron chi connectivity index (χ2n) is 4.30. The van der Waals surface area contributed by atoms with Crippen molar-refractivity contribution in [1.29, 1.82) is 0 Å². The average Bonchev–Trinajstić information content (AvgIpc) is 2.35. The maximum atomic E-state index is 5.30. The minimum Gasteiger partial charge on any atom is -0.342 e. The van der Waals surface area contributed by atoms with Crippen LogP contribution in [0.2, 0.25) is 0 Å². The highest BCUT2D eigenvalue weighted by atomic mass is 79.9. The van der Waals surface area contributed by atoms with E-state index in [0.717, 1.165) is 34.4 Å². The molecule has 1 aromatic carbocycles. The molecule has 0 bridgehead atoms. The van der Waals surface area contributed by atoms with Crippen molar-refractivity contribution in [2.75, 3.05) is 0 Å². The summed E-state index contributed by atoms with van der Waals surface area (Å²) in [5, 5.41) is 0. The number of rotatable bonds is 3. The van der Waals surface area contributed by atoms with Gasteiger partial charge in [0, 0.05) is 11.3 Å². The van der Waals surface area contributed by atoms with Crippen LogP contribution in [-0.2, 0) is 6.42 Å². The van der Waals surface area contributed by atoms with Crippen molar-refractivity contribution in [1.82, 2.24) is 9.97 Å². The molecular formula is C14H15BrN2S. The smallest absolute Gasteiger partial charge is 0.144 e. The third kappa shape index (κ3) is 2.87. The van der Waals surface area contributed by atoms with Crippen LogP contribution in [0.4, 0.5) is 0 Å². The first kappa shape index (κ1) is 13.4. The Morgan fingerprint density at radius 3 is 2.83 bits per heavy atom. The second kappa shape index (κ2) is 5.76. The summed E-state index contributed by atoms with van der Waals surface area (Å²) < 4.78 is 1.53. The number of H-pyrrole nitrogens is 1. The van der Waals surface area contributed by atoms with Crippen molar-refractivity contribution in [3.05, 3.63) is 44.6 Å². The lowest BCUT2D eigenvalue weighted by Crippen LogP contribution is -1.98. The molecule has 1 heterocycles. The molecule has 2 nitrogen and oxygen atoms in total. The SMILES string of the molecule is CCCc1[nH]c(-c2cccc(C)c2)nc(=S)c1Br. The minimum atomic E-state index is 0.619. The summed E-state index contributed by atoms with van der Waals surface area (Å²) in [6.07, 6.45) is 2.03. The standard InChI is InChI=1S/C14H15BrN2S/c1-3-5-11-12(15)14(18)17-13(16-11)10-7-4-6-9(2)8-10/h4,6-8H,3,5H2,1-2H3,(H,16,17,18). The monoisotopic (exact) mass is 322 g/mol. The Balaban J connectivity index is 2.55. The molecular weight excluding hydrogens is 308 g/mol. The summed E-state index contributed by atoms with van der Waals surface area (Å²) in [7, 11) is 0. The lowest BCUT2D eigenvalue weighted by molar-refractivity contribution is 0.865. The van der Waals surface area contributed by atoms with Crippen molar-refractivity contribution in [2.45, 2.75) is 26.7 Å². The van der Waals surface area contributed by atoms with Gasteiger partial charge in [0.15, 0.2) is 0 Å². The summed E-state index contributed by atoms with van der Waals surface area (Å²) in [5.41, 5.74) is 3.41. The van der Waals surface area contributed by atoms with Gasteiger partial charge in [-0.05, 0) is 35.3 Å². The third-order valence-corrected chi connectivity index (χ3v) is 4.14. The fourth-order valence-electron chi connectivity index (χ4n) is 1.86. The van der Waals surface area contributed by atoms with Gasteiger partial charge in [0.05, 0.1) is 4.47 Å². The van der Waals surface area contributed by atoms with Gasteiger partial charge in [0.1, 0.15) is 10.5 Å². The van der Waals surface area contributed by atoms with E-state index in [9.17, 15) is 0 Å². The molecule has 2 rings (SSSR count). The Morgan fingerprint density at radius 1 is 1.39 bits per heavy atom. The van der Waals surface area contributed by atoms with E-state index in [4.69, 9.17) is 12.2 Å². The van der Waals surface area contributed by atoms with E-state index in [-0.39, 0.29) is 0 Å². The van der Waals surface area contributed by atoms with E-state index in [1.54, 1.807) is 0 Å². The summed E-state index contributed by atoms with van der Waals surface area (Å²) in [5.74, 6) is 0.843. The number of aromatic amines is 1. The fraction of sp³-hybridized carbons (Fsp3) is 0.286. The van der Waals surface area contributed by atoms with Gasteiger partial charge in [0.2, 0.25) is 0 Å². The van der Waals surface area contributed by atoms with Crippen LogP contribution in [0, 0.1) is 11.6 Å². The van der Waals surface area contributed by atoms with Crippen LogP contribution < -0.4 is 0 Å². The average molecular weight is 323 g/mol. The van der Waals surface area contributed by atoms with Crippen LogP contribution in [0.25, 0.3) is 11.4 Å². The molecule has 2 aromatic rings. The Kier molecular flexibility index (Phi) is 4.30. The number of hydrogen-bond donors (Lipinski definition) is 1. The van der Waals surface area contributed by atoms with Gasteiger partial charge in [-0.1, -0.05) is 49.3 Å². The zero-order valence-corrected chi connectivity index (χ0v) is 12.9. The van der Waals surface area contributed by atoms with Gasteiger partial charge in [-0.3, -0.25) is 0 Å². The van der Waals surface area contributed by atoms with E-state index in [2.05, 4.69) is 51.9 Å². The molecule has 1 N–H and O–H groups in total. The van der Waals surface area contributed by atoms with Crippen LogP contribution in [0.3, 0.4) is 0 Å². The quantitative estimate of drug-likeness (QED) is 0.820. The molecule has 0 fully saturated rings. The zero-order valence-electron chi connectivity index (χ0n) is 10.5. The predicted octanol–water partition coefficient (Wildman–Crippen LogP) is 4.83. The molecule has 4 heteroatoms. The molecule has 0 amide bonds. The molecule has 0 saturated carbocycles. The van der Waals surface area contributed by atoms with Crippen LogP contribution >= 0.6 is 28.1 Å². The van der Waals surface area contributed by atoms with Gasteiger partial charge in [-0.15, -0.1) is 0 Å². The van der Waals surface area contributed by atoms with E-state index < -0.39 is 0 Å². The molecule has 0 saturated heterocycles. The molecule has 0 aliphatic carbocycles. The Morgan fingerprint density at radius 2 is 2.17 bits per heavy atom. The van der Waals surface area contributed by atoms with Crippen molar-refractivity contribution in [3.8, 4) is 11.4 Å². The van der Waals surface area contributed by atoms with Crippen LogP contribution in [-0.4, -0.2) is 9.97 Å². The van der Waals surface area contributed by atoms with Gasteiger partial charge in [-0.25, -0.2) is 4.98 Å². The number of nitrogens with zero attached hydrogens (tertiary/aromatic N) is 1. The van der Waals surface area contributed by atoms with Gasteiger partial charge >= 0.3 is 0 Å². The molecule has 0 radical (unpaired) electrons. The van der Waals surface area contributed by atoms with Crippen LogP contribution in [0.5, 0.6) is 0 Å². The third-order valence-electron chi connectivity index (χ3n) is 2.73. The lowest BCUT2D eigenvalue weighted by atomic mass is 10.1. The fourth-order valence-corrected chi connectivity index (χ4v) is 2.46. The zero-order chi connectivity index (χ0) is 13.1. The van der Waals surface area contributed by atoms with E-state index in [0.29, 0.717) is 4.64 Å². The van der Waals surface area contributed by atoms with Crippen molar-refractivity contribution >= 4 is 28.1 Å². The largest absolute Gasteiger partial charge is 0.342 e. The Bertz CT molecular complexity index is 619. The summed E-state index contributed by atoms with van der Waals surface area (Å²) in [6, 6.07) is 8.26. The molecule has 0 aliphatic heterocycles. The first-order valence-electron chi connectivity index (χ1n) is 5.97. The first-order chi connectivity index (χ1) is 8.61. The van der Waals surface area contributed by atoms with Crippen molar-refractivity contribution < 1.29 is 0 Å². The number of hydrogen-bond acceptors (Lipinski definition) is 2. The highest BCUT2D eigenvalue weighted by Crippen LogP contribution is 2.22. The maximum Gasteiger partial charge on any atom is 0.144 e. The molecule has 0 atom stereocenters. The van der Waals surface area contributed by atoms with Gasteiger partial charge in [-0.2, -0.15) is 0 Å². The molecule has 0 aliphatic rings. The molecule has 94 valence electrons. The Hall–Kier alpha value is -1.00. The van der Waals surface area contributed by atoms with E-state index in [1.807, 2.05) is 12.1 Å². The predicted molar refractivity (Wildman–Crippen MR) is 81.3 cm³/mol. The van der Waals surface area contributed by atoms with Gasteiger partial charge in [0.25, 0.3) is 0 Å². The van der Waals surface area contributed by atoms with E-state index >= 15 is 0 Å². The van der Waals surface area contributed by atoms with Gasteiger partial charge < -0.3 is 4.98 Å². The molecule has 0 unspecified atom stereocenters. The minimum absolute atomic E-state index is 0.619. The normalized spacial score (nSPS) is 10.6. The summed E-state index contributed by atoms with van der Waals surface area (Å²) >= 11 is 8.80. The maximum absolute atomic E-state index is 5.30. The first-order valence-corrected chi connectivity index (χ1v) is 7.17. The molecule has 0 spiro atoms. The number of halogens is 1. The topological polar surface area (TPSA) is 28.7 Å². The molecule has 1 aromatic heterocycles. The van der Waals surface area contributed by atoms with Crippen molar-refractivity contribution in [2.24, 2.45) is 0 Å². The number of benzene rings is 1. The van der Waals surface area contributed by atoms with E-state index in [1.165, 1.54) is 5.56 Å². The van der Waals surface area contributed by atoms with Crippen LogP contribution in [0.15, 0.2) is 28.7 Å². The second-order valence-corrected chi connectivity index (χ2v) is 5.48. The number of nitrogens with one attached hydrogen (secondary N) is 1. The number of aromatic nitrogens is 2. The van der Waals surface area contributed by atoms with Crippen molar-refractivity contribution in [3.63, 3.8) is 0 Å². The summed E-state index contributed by atoms with van der Waals surface area (Å²) in [6.45, 7) is 4.22. The highest BCUT2D eigenvalue weighted by molar-refractivity contribution is 9.10. The highest BCUT2D eigenvalue weighted by Gasteiger charge is 2.07. The lowest BCUT2D eigenvalue weighted by Gasteiger charge is -2.08. The molecule has 18 heavy (non-hydrogen) atoms.